The second-order valence-corrected chi connectivity index (χ2v) is 10.8. The van der Waals surface area contributed by atoms with Crippen LogP contribution in [0.15, 0.2) is 65.5 Å². The maximum absolute atomic E-state index is 14.0. The Morgan fingerprint density at radius 1 is 0.976 bits per heavy atom. The molecule has 214 valence electrons. The van der Waals surface area contributed by atoms with Gasteiger partial charge in [-0.25, -0.2) is 0 Å². The Bertz CT molecular complexity index is 1900. The molecule has 0 bridgehead atoms. The largest absolute Gasteiger partial charge is 0.478 e. The van der Waals surface area contributed by atoms with E-state index in [-0.39, 0.29) is 17.5 Å². The summed E-state index contributed by atoms with van der Waals surface area (Å²) in [4.78, 5) is 22.8. The third kappa shape index (κ3) is 5.71. The van der Waals surface area contributed by atoms with Crippen LogP contribution in [0.25, 0.3) is 38.9 Å². The highest BCUT2D eigenvalue weighted by Crippen LogP contribution is 2.29. The van der Waals surface area contributed by atoms with Crippen molar-refractivity contribution in [3.05, 3.63) is 71.0 Å². The van der Waals surface area contributed by atoms with Crippen LogP contribution in [0.1, 0.15) is 20.3 Å². The topological polar surface area (TPSA) is 115 Å². The normalized spacial score (nSPS) is 11.9. The number of hydrogen-bond donors (Lipinski definition) is 0. The fourth-order valence-electron chi connectivity index (χ4n) is 4.43. The van der Waals surface area contributed by atoms with Gasteiger partial charge in [0.1, 0.15) is 5.75 Å². The van der Waals surface area contributed by atoms with E-state index in [0.29, 0.717) is 57.8 Å². The highest BCUT2D eigenvalue weighted by Gasteiger charge is 2.20. The van der Waals surface area contributed by atoms with Crippen LogP contribution >= 0.6 is 0 Å². The summed E-state index contributed by atoms with van der Waals surface area (Å²) >= 11 is 0. The van der Waals surface area contributed by atoms with Crippen molar-refractivity contribution in [1.29, 1.82) is 0 Å². The molecule has 5 aromatic rings. The van der Waals surface area contributed by atoms with Gasteiger partial charge in [-0.2, -0.15) is 27.2 Å². The standard InChI is InChI=1S/C28H26F2N4O6S/c1-4-14-41(36,37)40-28-31-22-12-6-17(16-23(22)33(28)3)21-15-18-7-13-24(38-5-2)32-25(18)34(26(21)35)19-8-10-20(11-9-19)39-27(29)30/h6-13,15-16,27H,4-5,14H2,1-3H3. The maximum Gasteiger partial charge on any atom is 0.387 e. The van der Waals surface area contributed by atoms with E-state index < -0.39 is 22.3 Å². The van der Waals surface area contributed by atoms with E-state index in [9.17, 15) is 22.0 Å². The first kappa shape index (κ1) is 28.0. The average molecular weight is 585 g/mol. The number of aromatic nitrogens is 4. The quantitative estimate of drug-likeness (QED) is 0.209. The van der Waals surface area contributed by atoms with Crippen molar-refractivity contribution < 1.29 is 30.9 Å². The molecule has 0 amide bonds. The van der Waals surface area contributed by atoms with Crippen LogP contribution in [0.5, 0.6) is 17.6 Å². The molecule has 41 heavy (non-hydrogen) atoms. The molecule has 0 aliphatic carbocycles. The first-order valence-corrected chi connectivity index (χ1v) is 14.3. The molecule has 0 radical (unpaired) electrons. The predicted octanol–water partition coefficient (Wildman–Crippen LogP) is 5.06. The molecule has 3 heterocycles. The van der Waals surface area contributed by atoms with Crippen LogP contribution in [0.4, 0.5) is 8.78 Å². The number of nitrogens with zero attached hydrogens (tertiary/aromatic N) is 4. The van der Waals surface area contributed by atoms with Gasteiger partial charge in [0.25, 0.3) is 5.56 Å². The first-order chi connectivity index (χ1) is 19.6. The van der Waals surface area contributed by atoms with E-state index in [1.165, 1.54) is 33.4 Å². The van der Waals surface area contributed by atoms with Gasteiger partial charge in [0, 0.05) is 24.1 Å². The van der Waals surface area contributed by atoms with E-state index in [1.54, 1.807) is 50.4 Å². The second-order valence-electron chi connectivity index (χ2n) is 9.07. The van der Waals surface area contributed by atoms with E-state index in [1.807, 2.05) is 6.92 Å². The van der Waals surface area contributed by atoms with Crippen molar-refractivity contribution in [2.45, 2.75) is 26.9 Å². The number of aryl methyl sites for hydroxylation is 1. The van der Waals surface area contributed by atoms with Crippen LogP contribution in [-0.4, -0.2) is 46.5 Å². The summed E-state index contributed by atoms with van der Waals surface area (Å²) in [5, 5.41) is 0.621. The number of rotatable bonds is 10. The van der Waals surface area contributed by atoms with Gasteiger partial charge in [-0.15, -0.1) is 0 Å². The summed E-state index contributed by atoms with van der Waals surface area (Å²) in [7, 11) is -2.18. The Morgan fingerprint density at radius 3 is 2.41 bits per heavy atom. The summed E-state index contributed by atoms with van der Waals surface area (Å²) in [6, 6.07) is 15.8. The van der Waals surface area contributed by atoms with Gasteiger partial charge in [-0.1, -0.05) is 13.0 Å². The monoisotopic (exact) mass is 584 g/mol. The van der Waals surface area contributed by atoms with Crippen LogP contribution in [0.3, 0.4) is 0 Å². The summed E-state index contributed by atoms with van der Waals surface area (Å²) < 4.78 is 67.9. The lowest BCUT2D eigenvalue weighted by atomic mass is 10.0. The second kappa shape index (κ2) is 11.2. The van der Waals surface area contributed by atoms with Gasteiger partial charge in [0.15, 0.2) is 5.65 Å². The van der Waals surface area contributed by atoms with Gasteiger partial charge in [0.2, 0.25) is 5.88 Å². The molecule has 0 aliphatic heterocycles. The smallest absolute Gasteiger partial charge is 0.387 e. The number of pyridine rings is 2. The minimum atomic E-state index is -3.81. The molecule has 5 rings (SSSR count). The molecule has 0 fully saturated rings. The van der Waals surface area contributed by atoms with E-state index in [0.717, 1.165) is 0 Å². The number of ether oxygens (including phenoxy) is 2. The molecule has 0 spiro atoms. The molecule has 10 nitrogen and oxygen atoms in total. The molecule has 0 saturated carbocycles. The maximum atomic E-state index is 14.0. The molecule has 0 saturated heterocycles. The van der Waals surface area contributed by atoms with E-state index in [2.05, 4.69) is 14.7 Å². The first-order valence-electron chi connectivity index (χ1n) is 12.7. The summed E-state index contributed by atoms with van der Waals surface area (Å²) in [6.45, 7) is 0.935. The molecule has 0 unspecified atom stereocenters. The highest BCUT2D eigenvalue weighted by atomic mass is 32.2. The Morgan fingerprint density at radius 2 is 1.73 bits per heavy atom. The lowest BCUT2D eigenvalue weighted by molar-refractivity contribution is -0.0498. The predicted molar refractivity (Wildman–Crippen MR) is 150 cm³/mol. The lowest BCUT2D eigenvalue weighted by Gasteiger charge is -2.14. The van der Waals surface area contributed by atoms with Crippen LogP contribution < -0.4 is 19.2 Å². The SMILES string of the molecule is CCCS(=O)(=O)Oc1nc2ccc(-c3cc4ccc(OCC)nc4n(-c4ccc(OC(F)F)cc4)c3=O)cc2n1C. The van der Waals surface area contributed by atoms with Crippen molar-refractivity contribution >= 4 is 32.2 Å². The molecule has 2 aromatic carbocycles. The number of benzene rings is 2. The zero-order valence-corrected chi connectivity index (χ0v) is 23.2. The van der Waals surface area contributed by atoms with Gasteiger partial charge in [-0.05, 0) is 67.4 Å². The van der Waals surface area contributed by atoms with Gasteiger partial charge >= 0.3 is 22.7 Å². The minimum Gasteiger partial charge on any atom is -0.478 e. The Balaban J connectivity index is 1.67. The molecule has 13 heteroatoms. The number of fused-ring (bicyclic) bond motifs is 2. The Hall–Kier alpha value is -4.52. The fraction of sp³-hybridized carbons (Fsp3) is 0.250. The van der Waals surface area contributed by atoms with Gasteiger partial charge in [0.05, 0.1) is 29.1 Å². The van der Waals surface area contributed by atoms with Crippen molar-refractivity contribution in [2.75, 3.05) is 12.4 Å². The Labute approximate surface area is 233 Å². The molecule has 3 aromatic heterocycles. The van der Waals surface area contributed by atoms with Crippen LogP contribution in [0.2, 0.25) is 0 Å². The van der Waals surface area contributed by atoms with Gasteiger partial charge in [-0.3, -0.25) is 13.9 Å². The zero-order valence-electron chi connectivity index (χ0n) is 22.4. The van der Waals surface area contributed by atoms with Crippen molar-refractivity contribution in [2.24, 2.45) is 7.05 Å². The average Bonchev–Trinajstić information content (AvgIpc) is 3.22. The zero-order chi connectivity index (χ0) is 29.3. The summed E-state index contributed by atoms with van der Waals surface area (Å²) in [5.41, 5.74) is 2.15. The molecule has 0 atom stereocenters. The Kier molecular flexibility index (Phi) is 7.63. The number of hydrogen-bond acceptors (Lipinski definition) is 8. The van der Waals surface area contributed by atoms with Gasteiger partial charge < -0.3 is 13.7 Å². The van der Waals surface area contributed by atoms with Crippen molar-refractivity contribution in [3.63, 3.8) is 0 Å². The highest BCUT2D eigenvalue weighted by molar-refractivity contribution is 7.87. The minimum absolute atomic E-state index is 0.0548. The van der Waals surface area contributed by atoms with E-state index in [4.69, 9.17) is 8.92 Å². The molecule has 0 N–H and O–H groups in total. The molecular weight excluding hydrogens is 558 g/mol. The summed E-state index contributed by atoms with van der Waals surface area (Å²) in [6.07, 6.45) is 0.396. The third-order valence-electron chi connectivity index (χ3n) is 6.24. The molecule has 0 aliphatic rings. The van der Waals surface area contributed by atoms with Crippen molar-refractivity contribution in [1.82, 2.24) is 19.1 Å². The number of alkyl halides is 2. The third-order valence-corrected chi connectivity index (χ3v) is 7.55. The van der Waals surface area contributed by atoms with Crippen LogP contribution in [0, 0.1) is 0 Å². The molecular formula is C28H26F2N4O6S. The van der Waals surface area contributed by atoms with Crippen molar-refractivity contribution in [3.8, 4) is 34.5 Å². The fourth-order valence-corrected chi connectivity index (χ4v) is 5.39. The van der Waals surface area contributed by atoms with E-state index >= 15 is 0 Å². The lowest BCUT2D eigenvalue weighted by Crippen LogP contribution is -2.21. The number of imidazole rings is 1. The number of halogens is 2. The van der Waals surface area contributed by atoms with Crippen LogP contribution in [-0.2, 0) is 17.2 Å². The summed E-state index contributed by atoms with van der Waals surface area (Å²) in [5.74, 6) is 0.119.